The monoisotopic (exact) mass is 297 g/mol. The van der Waals surface area contributed by atoms with Crippen molar-refractivity contribution < 1.29 is 19.3 Å². The van der Waals surface area contributed by atoms with Crippen molar-refractivity contribution in [3.63, 3.8) is 0 Å². The minimum absolute atomic E-state index is 0.247. The number of para-hydroxylation sites is 2. The molecular weight excluding hydrogens is 270 g/mol. The molecule has 5 heteroatoms. The van der Waals surface area contributed by atoms with Gasteiger partial charge in [0.1, 0.15) is 12.7 Å². The number of ether oxygens (including phenoxy) is 3. The molecule has 0 aliphatic rings. The quantitative estimate of drug-likeness (QED) is 0.577. The van der Waals surface area contributed by atoms with Crippen LogP contribution in [0.3, 0.4) is 0 Å². The maximum absolute atomic E-state index is 9.87. The van der Waals surface area contributed by atoms with E-state index in [0.29, 0.717) is 18.0 Å². The molecule has 0 spiro atoms. The van der Waals surface area contributed by atoms with E-state index < -0.39 is 6.10 Å². The lowest BCUT2D eigenvalue weighted by Gasteiger charge is -2.15. The molecule has 1 atom stereocenters. The van der Waals surface area contributed by atoms with Crippen molar-refractivity contribution in [3.8, 4) is 11.5 Å². The fourth-order valence-electron chi connectivity index (χ4n) is 1.92. The van der Waals surface area contributed by atoms with Crippen LogP contribution in [0.5, 0.6) is 11.5 Å². The van der Waals surface area contributed by atoms with Crippen LogP contribution in [0, 0.1) is 0 Å². The van der Waals surface area contributed by atoms with Gasteiger partial charge in [-0.3, -0.25) is 0 Å². The van der Waals surface area contributed by atoms with Crippen LogP contribution in [-0.2, 0) is 4.74 Å². The second-order valence-corrected chi connectivity index (χ2v) is 4.87. The number of hydrogen-bond acceptors (Lipinski definition) is 5. The summed E-state index contributed by atoms with van der Waals surface area (Å²) in [7, 11) is 3.32. The van der Waals surface area contributed by atoms with Crippen molar-refractivity contribution in [1.29, 1.82) is 0 Å². The van der Waals surface area contributed by atoms with E-state index in [2.05, 4.69) is 5.32 Å². The van der Waals surface area contributed by atoms with E-state index in [1.807, 2.05) is 24.3 Å². The molecule has 0 aliphatic heterocycles. The highest BCUT2D eigenvalue weighted by Crippen LogP contribution is 2.25. The van der Waals surface area contributed by atoms with Gasteiger partial charge in [0.05, 0.1) is 7.11 Å². The van der Waals surface area contributed by atoms with Crippen LogP contribution in [-0.4, -0.2) is 51.7 Å². The first-order valence-electron chi connectivity index (χ1n) is 7.41. The Balaban J connectivity index is 2.09. The molecule has 2 N–H and O–H groups in total. The van der Waals surface area contributed by atoms with Gasteiger partial charge < -0.3 is 24.6 Å². The Morgan fingerprint density at radius 3 is 2.57 bits per heavy atom. The van der Waals surface area contributed by atoms with Gasteiger partial charge in [-0.05, 0) is 37.9 Å². The van der Waals surface area contributed by atoms with Gasteiger partial charge in [0.2, 0.25) is 0 Å². The summed E-state index contributed by atoms with van der Waals surface area (Å²) in [6.45, 7) is 2.49. The third kappa shape index (κ3) is 7.90. The molecule has 5 nitrogen and oxygen atoms in total. The molecule has 0 saturated heterocycles. The summed E-state index contributed by atoms with van der Waals surface area (Å²) in [5.41, 5.74) is 0. The molecule has 0 heterocycles. The van der Waals surface area contributed by atoms with Crippen molar-refractivity contribution >= 4 is 0 Å². The summed E-state index contributed by atoms with van der Waals surface area (Å²) in [5.74, 6) is 1.33. The first-order chi connectivity index (χ1) is 10.3. The van der Waals surface area contributed by atoms with E-state index in [1.54, 1.807) is 14.2 Å². The lowest BCUT2D eigenvalue weighted by molar-refractivity contribution is 0.104. The Morgan fingerprint density at radius 2 is 1.86 bits per heavy atom. The predicted molar refractivity (Wildman–Crippen MR) is 83.1 cm³/mol. The minimum atomic E-state index is -0.533. The molecule has 0 aromatic heterocycles. The number of aliphatic hydroxyl groups excluding tert-OH is 1. The molecule has 0 saturated carbocycles. The van der Waals surface area contributed by atoms with Crippen molar-refractivity contribution in [3.05, 3.63) is 24.3 Å². The molecular formula is C16H27NO4. The van der Waals surface area contributed by atoms with E-state index in [4.69, 9.17) is 14.2 Å². The highest BCUT2D eigenvalue weighted by molar-refractivity contribution is 5.39. The molecule has 1 rings (SSSR count). The summed E-state index contributed by atoms with van der Waals surface area (Å²) in [4.78, 5) is 0. The van der Waals surface area contributed by atoms with Crippen molar-refractivity contribution in [2.45, 2.75) is 25.4 Å². The fourth-order valence-corrected chi connectivity index (χ4v) is 1.92. The van der Waals surface area contributed by atoms with Crippen LogP contribution in [0.25, 0.3) is 0 Å². The van der Waals surface area contributed by atoms with Crippen LogP contribution in [0.15, 0.2) is 24.3 Å². The second-order valence-electron chi connectivity index (χ2n) is 4.87. The minimum Gasteiger partial charge on any atom is -0.493 e. The lowest BCUT2D eigenvalue weighted by Crippen LogP contribution is -2.32. The van der Waals surface area contributed by atoms with E-state index >= 15 is 0 Å². The lowest BCUT2D eigenvalue weighted by atomic mass is 10.2. The zero-order valence-electron chi connectivity index (χ0n) is 13.0. The van der Waals surface area contributed by atoms with Crippen LogP contribution in [0.1, 0.15) is 19.3 Å². The largest absolute Gasteiger partial charge is 0.493 e. The normalized spacial score (nSPS) is 12.1. The molecule has 1 aromatic carbocycles. The van der Waals surface area contributed by atoms with Crippen molar-refractivity contribution in [2.75, 3.05) is 40.5 Å². The van der Waals surface area contributed by atoms with Gasteiger partial charge in [0.15, 0.2) is 11.5 Å². The molecule has 21 heavy (non-hydrogen) atoms. The number of benzene rings is 1. The number of nitrogens with one attached hydrogen (secondary N) is 1. The first kappa shape index (κ1) is 17.8. The number of unbranched alkanes of at least 4 members (excludes halogenated alkanes) is 2. The Kier molecular flexibility index (Phi) is 9.61. The van der Waals surface area contributed by atoms with Gasteiger partial charge in [-0.25, -0.2) is 0 Å². The van der Waals surface area contributed by atoms with E-state index in [1.165, 1.54) is 0 Å². The predicted octanol–water partition coefficient (Wildman–Crippen LogP) is 1.84. The topological polar surface area (TPSA) is 60.0 Å². The molecule has 0 amide bonds. The smallest absolute Gasteiger partial charge is 0.161 e. The summed E-state index contributed by atoms with van der Waals surface area (Å²) in [5, 5.41) is 13.1. The van der Waals surface area contributed by atoms with E-state index in [0.717, 1.165) is 32.4 Å². The van der Waals surface area contributed by atoms with E-state index in [-0.39, 0.29) is 6.61 Å². The third-order valence-electron chi connectivity index (χ3n) is 3.08. The summed E-state index contributed by atoms with van der Waals surface area (Å²) >= 11 is 0. The van der Waals surface area contributed by atoms with Crippen molar-refractivity contribution in [1.82, 2.24) is 5.32 Å². The Hall–Kier alpha value is -1.30. The summed E-state index contributed by atoms with van der Waals surface area (Å²) in [6.07, 6.45) is 2.77. The Bertz CT molecular complexity index is 373. The summed E-state index contributed by atoms with van der Waals surface area (Å²) < 4.78 is 15.8. The summed E-state index contributed by atoms with van der Waals surface area (Å²) in [6, 6.07) is 7.42. The fraction of sp³-hybridized carbons (Fsp3) is 0.625. The van der Waals surface area contributed by atoms with Crippen LogP contribution >= 0.6 is 0 Å². The standard InChI is InChI=1S/C16H27NO4/c1-19-11-7-3-6-10-17-12-14(18)13-21-16-9-5-4-8-15(16)20-2/h4-5,8-9,14,17-18H,3,6-7,10-13H2,1-2H3. The highest BCUT2D eigenvalue weighted by atomic mass is 16.5. The van der Waals surface area contributed by atoms with Gasteiger partial charge >= 0.3 is 0 Å². The van der Waals surface area contributed by atoms with Gasteiger partial charge in [-0.2, -0.15) is 0 Å². The Morgan fingerprint density at radius 1 is 1.10 bits per heavy atom. The van der Waals surface area contributed by atoms with Crippen LogP contribution < -0.4 is 14.8 Å². The van der Waals surface area contributed by atoms with Crippen LogP contribution in [0.4, 0.5) is 0 Å². The zero-order valence-corrected chi connectivity index (χ0v) is 13.0. The molecule has 1 aromatic rings. The highest BCUT2D eigenvalue weighted by Gasteiger charge is 2.07. The Labute approximate surface area is 127 Å². The van der Waals surface area contributed by atoms with Crippen molar-refractivity contribution in [2.24, 2.45) is 0 Å². The van der Waals surface area contributed by atoms with Gasteiger partial charge in [-0.15, -0.1) is 0 Å². The average molecular weight is 297 g/mol. The number of rotatable bonds is 12. The first-order valence-corrected chi connectivity index (χ1v) is 7.41. The maximum Gasteiger partial charge on any atom is 0.161 e. The molecule has 0 bridgehead atoms. The SMILES string of the molecule is COCCCCCNCC(O)COc1ccccc1OC. The molecule has 0 fully saturated rings. The number of hydrogen-bond donors (Lipinski definition) is 2. The van der Waals surface area contributed by atoms with Gasteiger partial charge in [-0.1, -0.05) is 12.1 Å². The number of aliphatic hydroxyl groups is 1. The zero-order chi connectivity index (χ0) is 15.3. The maximum atomic E-state index is 9.87. The van der Waals surface area contributed by atoms with Gasteiger partial charge in [0, 0.05) is 20.3 Å². The molecule has 1 unspecified atom stereocenters. The molecule has 120 valence electrons. The number of methoxy groups -OCH3 is 2. The molecule has 0 radical (unpaired) electrons. The molecule has 0 aliphatic carbocycles. The van der Waals surface area contributed by atoms with Crippen LogP contribution in [0.2, 0.25) is 0 Å². The van der Waals surface area contributed by atoms with Gasteiger partial charge in [0.25, 0.3) is 0 Å². The van der Waals surface area contributed by atoms with E-state index in [9.17, 15) is 5.11 Å². The second kappa shape index (κ2) is 11.4. The average Bonchev–Trinajstić information content (AvgIpc) is 2.52. The third-order valence-corrected chi connectivity index (χ3v) is 3.08.